The van der Waals surface area contributed by atoms with E-state index in [-0.39, 0.29) is 41.6 Å². The lowest BCUT2D eigenvalue weighted by Gasteiger charge is -2.53. The molecule has 238 valence electrons. The number of benzene rings is 1. The third-order valence-corrected chi connectivity index (χ3v) is 11.9. The number of phenolic OH excluding ortho intramolecular Hbond substituents is 1. The summed E-state index contributed by atoms with van der Waals surface area (Å²) in [5.41, 5.74) is 2.98. The van der Waals surface area contributed by atoms with Gasteiger partial charge in [-0.05, 0) is 91.2 Å². The summed E-state index contributed by atoms with van der Waals surface area (Å²) in [6.45, 7) is 5.64. The quantitative estimate of drug-likeness (QED) is 0.266. The molecule has 6 rings (SSSR count). The summed E-state index contributed by atoms with van der Waals surface area (Å²) in [6.07, 6.45) is -2.66. The lowest BCUT2D eigenvalue weighted by Crippen LogP contribution is -2.59. The van der Waals surface area contributed by atoms with Crippen LogP contribution in [0.25, 0.3) is 0 Å². The Hall–Kier alpha value is -2.05. The van der Waals surface area contributed by atoms with Gasteiger partial charge >= 0.3 is 5.97 Å². The van der Waals surface area contributed by atoms with E-state index in [1.807, 2.05) is 12.1 Å². The van der Waals surface area contributed by atoms with Crippen molar-refractivity contribution in [1.29, 1.82) is 0 Å². The van der Waals surface area contributed by atoms with Gasteiger partial charge in [0.2, 0.25) is 0 Å². The smallest absolute Gasteiger partial charge is 0.334 e. The van der Waals surface area contributed by atoms with Gasteiger partial charge in [-0.2, -0.15) is 0 Å². The fraction of sp³-hybridized carbons (Fsp3) is 0.727. The van der Waals surface area contributed by atoms with Crippen LogP contribution in [0.5, 0.6) is 5.75 Å². The first kappa shape index (κ1) is 31.0. The van der Waals surface area contributed by atoms with Crippen LogP contribution in [-0.4, -0.2) is 86.6 Å². The molecule has 6 N–H and O–H groups in total. The summed E-state index contributed by atoms with van der Waals surface area (Å²) in [7, 11) is 0. The zero-order valence-electron chi connectivity index (χ0n) is 25.1. The van der Waals surface area contributed by atoms with Crippen molar-refractivity contribution in [2.75, 3.05) is 13.2 Å². The fourth-order valence-corrected chi connectivity index (χ4v) is 9.44. The molecule has 0 aromatic heterocycles. The van der Waals surface area contributed by atoms with Crippen LogP contribution in [0.4, 0.5) is 0 Å². The Kier molecular flexibility index (Phi) is 8.43. The lowest BCUT2D eigenvalue weighted by molar-refractivity contribution is -0.299. The Bertz CT molecular complexity index is 1250. The number of hydrogen-bond donors (Lipinski definition) is 6. The summed E-state index contributed by atoms with van der Waals surface area (Å²) in [6, 6.07) is 5.48. The lowest BCUT2D eigenvalue weighted by atomic mass is 9.52. The number of phenols is 1. The van der Waals surface area contributed by atoms with E-state index in [9.17, 15) is 35.4 Å². The van der Waals surface area contributed by atoms with Crippen LogP contribution in [0.2, 0.25) is 0 Å². The zero-order chi connectivity index (χ0) is 30.8. The molecule has 10 nitrogen and oxygen atoms in total. The highest BCUT2D eigenvalue weighted by atomic mass is 16.7. The largest absolute Gasteiger partial charge is 0.508 e. The van der Waals surface area contributed by atoms with Crippen molar-refractivity contribution >= 4 is 5.97 Å². The summed E-state index contributed by atoms with van der Waals surface area (Å²) in [5.74, 6) is 1.17. The van der Waals surface area contributed by atoms with Gasteiger partial charge in [0.25, 0.3) is 0 Å². The molecule has 2 heterocycles. The fourth-order valence-electron chi connectivity index (χ4n) is 9.44. The Morgan fingerprint density at radius 1 is 1.09 bits per heavy atom. The first-order valence-corrected chi connectivity index (χ1v) is 15.8. The van der Waals surface area contributed by atoms with E-state index >= 15 is 0 Å². The number of fused-ring (bicyclic) bond motifs is 5. The molecular formula is C33H46O10. The number of hydrogen-bond acceptors (Lipinski definition) is 10. The average Bonchev–Trinajstić information content (AvgIpc) is 3.34. The molecule has 1 saturated heterocycles. The molecule has 13 atom stereocenters. The number of ether oxygens (including phenoxy) is 3. The van der Waals surface area contributed by atoms with E-state index in [1.54, 1.807) is 13.0 Å². The monoisotopic (exact) mass is 602 g/mol. The average molecular weight is 603 g/mol. The minimum Gasteiger partial charge on any atom is -0.508 e. The molecule has 0 radical (unpaired) electrons. The maximum Gasteiger partial charge on any atom is 0.334 e. The molecule has 5 aliphatic rings. The molecule has 0 amide bonds. The minimum atomic E-state index is -1.54. The first-order valence-electron chi connectivity index (χ1n) is 15.8. The summed E-state index contributed by atoms with van der Waals surface area (Å²) in [4.78, 5) is 13.0. The number of aliphatic hydroxyl groups is 5. The third kappa shape index (κ3) is 5.13. The van der Waals surface area contributed by atoms with Gasteiger partial charge in [-0.3, -0.25) is 0 Å². The van der Waals surface area contributed by atoms with Crippen LogP contribution in [-0.2, 0) is 19.0 Å². The van der Waals surface area contributed by atoms with Crippen molar-refractivity contribution in [2.45, 2.75) is 108 Å². The Balaban J connectivity index is 1.15. The predicted octanol–water partition coefficient (Wildman–Crippen LogP) is 2.44. The Morgan fingerprint density at radius 3 is 2.60 bits per heavy atom. The van der Waals surface area contributed by atoms with Crippen molar-refractivity contribution in [3.05, 3.63) is 40.5 Å². The van der Waals surface area contributed by atoms with Gasteiger partial charge in [0.1, 0.15) is 36.3 Å². The van der Waals surface area contributed by atoms with E-state index in [0.717, 1.165) is 42.4 Å². The normalized spacial score (nSPS) is 43.4. The number of esters is 1. The maximum absolute atomic E-state index is 13.0. The van der Waals surface area contributed by atoms with Gasteiger partial charge in [-0.15, -0.1) is 0 Å². The molecule has 1 aromatic rings. The van der Waals surface area contributed by atoms with E-state index in [1.165, 1.54) is 0 Å². The van der Waals surface area contributed by atoms with E-state index in [2.05, 4.69) is 13.8 Å². The van der Waals surface area contributed by atoms with Crippen molar-refractivity contribution < 1.29 is 49.6 Å². The highest BCUT2D eigenvalue weighted by molar-refractivity contribution is 5.89. The standard InChI is InChI=1S/C33H46O10/c1-15-17(14-41-32-30(39)29(38)28(37)26(13-34)43-32)11-25(42-31(15)40)16(2)21-7-8-22-20-12-24(36)19-5-4-6-23(35)27(19)18(20)9-10-33(21,22)3/h4-6,16,18,20-22,24-26,28-30,32,34-39H,7-14H2,1-3H3/t16-,18-,20+,21+,22-,24-,25+,26+,28+,29-,30+,32+,33+/m0/s1. The van der Waals surface area contributed by atoms with Crippen LogP contribution < -0.4 is 0 Å². The van der Waals surface area contributed by atoms with Crippen LogP contribution in [0, 0.1) is 29.1 Å². The highest BCUT2D eigenvalue weighted by Crippen LogP contribution is 2.66. The summed E-state index contributed by atoms with van der Waals surface area (Å²) >= 11 is 0. The highest BCUT2D eigenvalue weighted by Gasteiger charge is 2.58. The van der Waals surface area contributed by atoms with Gasteiger partial charge < -0.3 is 44.8 Å². The number of cyclic esters (lactones) is 1. The molecule has 10 heteroatoms. The van der Waals surface area contributed by atoms with Crippen LogP contribution in [0.1, 0.15) is 82.4 Å². The topological polar surface area (TPSA) is 166 Å². The molecule has 3 aliphatic carbocycles. The maximum atomic E-state index is 13.0. The van der Waals surface area contributed by atoms with E-state index in [0.29, 0.717) is 30.3 Å². The van der Waals surface area contributed by atoms with Crippen LogP contribution in [0.3, 0.4) is 0 Å². The molecule has 2 saturated carbocycles. The van der Waals surface area contributed by atoms with Gasteiger partial charge in [0.15, 0.2) is 6.29 Å². The number of carbonyl (C=O) groups excluding carboxylic acids is 1. The van der Waals surface area contributed by atoms with Crippen molar-refractivity contribution in [1.82, 2.24) is 0 Å². The Labute approximate surface area is 252 Å². The second kappa shape index (κ2) is 11.7. The Morgan fingerprint density at radius 2 is 1.86 bits per heavy atom. The number of carbonyl (C=O) groups is 1. The molecule has 2 aliphatic heterocycles. The molecule has 43 heavy (non-hydrogen) atoms. The summed E-state index contributed by atoms with van der Waals surface area (Å²) < 4.78 is 17.3. The van der Waals surface area contributed by atoms with Gasteiger partial charge in [0.05, 0.1) is 19.3 Å². The minimum absolute atomic E-state index is 0.0117. The SMILES string of the molecule is CC1=C(CO[C@@H]2O[C@H](CO)[C@@H](O)[C@H](O)[C@H]2O)C[C@H]([C@@H](C)[C@H]2CC[C@H]3[C@@H]4C[C@H](O)c5cccc(O)c5[C@H]4CC[C@]23C)OC1=O. The number of aliphatic hydroxyl groups excluding tert-OH is 5. The molecule has 0 unspecified atom stereocenters. The van der Waals surface area contributed by atoms with Gasteiger partial charge in [0, 0.05) is 17.6 Å². The molecule has 0 bridgehead atoms. The van der Waals surface area contributed by atoms with Crippen LogP contribution in [0.15, 0.2) is 29.3 Å². The van der Waals surface area contributed by atoms with E-state index in [4.69, 9.17) is 14.2 Å². The first-order chi connectivity index (χ1) is 20.5. The second-order valence-corrected chi connectivity index (χ2v) is 13.9. The van der Waals surface area contributed by atoms with Crippen LogP contribution >= 0.6 is 0 Å². The molecule has 3 fully saturated rings. The third-order valence-electron chi connectivity index (χ3n) is 11.9. The predicted molar refractivity (Wildman–Crippen MR) is 154 cm³/mol. The molecule has 0 spiro atoms. The number of aromatic hydroxyl groups is 1. The molecule has 1 aromatic carbocycles. The zero-order valence-corrected chi connectivity index (χ0v) is 25.1. The van der Waals surface area contributed by atoms with Gasteiger partial charge in [-0.25, -0.2) is 4.79 Å². The van der Waals surface area contributed by atoms with Crippen molar-refractivity contribution in [3.8, 4) is 5.75 Å². The van der Waals surface area contributed by atoms with E-state index < -0.39 is 49.4 Å². The molecular weight excluding hydrogens is 556 g/mol. The second-order valence-electron chi connectivity index (χ2n) is 13.9. The van der Waals surface area contributed by atoms with Gasteiger partial charge in [-0.1, -0.05) is 26.0 Å². The van der Waals surface area contributed by atoms with Crippen molar-refractivity contribution in [2.24, 2.45) is 29.1 Å². The van der Waals surface area contributed by atoms with Crippen molar-refractivity contribution in [3.63, 3.8) is 0 Å². The summed E-state index contributed by atoms with van der Waals surface area (Å²) in [5, 5.41) is 61.9. The number of rotatable bonds is 6.